The zero-order chi connectivity index (χ0) is 24.0. The molecule has 0 aliphatic heterocycles. The Morgan fingerprint density at radius 3 is 2.49 bits per heavy atom. The molecule has 0 radical (unpaired) electrons. The Kier molecular flexibility index (Phi) is 7.74. The normalized spacial score (nSPS) is 14.8. The maximum Gasteiger partial charge on any atom is 1.00 e. The number of sulfone groups is 1. The predicted molar refractivity (Wildman–Crippen MR) is 135 cm³/mol. The molecule has 8 heteroatoms. The molecule has 1 fully saturated rings. The van der Waals surface area contributed by atoms with Crippen molar-refractivity contribution in [1.82, 2.24) is 4.98 Å². The third-order valence-corrected chi connectivity index (χ3v) is 10.6. The first-order valence-corrected chi connectivity index (χ1v) is 14.1. The van der Waals surface area contributed by atoms with E-state index in [-0.39, 0.29) is 45.4 Å². The summed E-state index contributed by atoms with van der Waals surface area (Å²) in [6.45, 7) is 3.96. The van der Waals surface area contributed by atoms with Gasteiger partial charge >= 0.3 is 29.6 Å². The van der Waals surface area contributed by atoms with Gasteiger partial charge in [-0.05, 0) is 60.9 Å². The summed E-state index contributed by atoms with van der Waals surface area (Å²) < 4.78 is 28.4. The summed E-state index contributed by atoms with van der Waals surface area (Å²) in [7, 11) is -3.70. The molecular formula is C27H26NNaO4S2. The summed E-state index contributed by atoms with van der Waals surface area (Å²) in [5.41, 5.74) is 2.71. The van der Waals surface area contributed by atoms with Gasteiger partial charge in [-0.2, -0.15) is 0 Å². The van der Waals surface area contributed by atoms with E-state index < -0.39 is 21.1 Å². The quantitative estimate of drug-likeness (QED) is 0.381. The van der Waals surface area contributed by atoms with Crippen molar-refractivity contribution in [2.45, 2.75) is 62.5 Å². The first kappa shape index (κ1) is 26.3. The van der Waals surface area contributed by atoms with E-state index in [9.17, 15) is 18.3 Å². The van der Waals surface area contributed by atoms with Crippen molar-refractivity contribution in [3.63, 3.8) is 0 Å². The van der Waals surface area contributed by atoms with E-state index in [1.54, 1.807) is 23.5 Å². The van der Waals surface area contributed by atoms with Crippen LogP contribution < -0.4 is 34.7 Å². The summed E-state index contributed by atoms with van der Waals surface area (Å²) in [6.07, 6.45) is 4.59. The van der Waals surface area contributed by atoms with E-state index in [4.69, 9.17) is 4.98 Å². The summed E-state index contributed by atoms with van der Waals surface area (Å²) in [6, 6.07) is 12.9. The number of carbonyl (C=O) groups is 1. The molecule has 176 valence electrons. The van der Waals surface area contributed by atoms with Crippen LogP contribution in [0.1, 0.15) is 60.5 Å². The molecule has 0 amide bonds. The number of aromatic carboxylic acids is 1. The van der Waals surface area contributed by atoms with Gasteiger partial charge in [-0.25, -0.2) is 13.4 Å². The van der Waals surface area contributed by atoms with Crippen molar-refractivity contribution in [2.75, 3.05) is 0 Å². The fourth-order valence-corrected chi connectivity index (χ4v) is 8.37. The fraction of sp³-hybridized carbons (Fsp3) is 0.333. The number of benzene rings is 2. The van der Waals surface area contributed by atoms with Crippen molar-refractivity contribution in [2.24, 2.45) is 0 Å². The summed E-state index contributed by atoms with van der Waals surface area (Å²) in [5.74, 6) is -1.39. The molecule has 4 aromatic rings. The zero-order valence-corrected chi connectivity index (χ0v) is 23.9. The molecule has 2 heterocycles. The van der Waals surface area contributed by atoms with Crippen molar-refractivity contribution in [3.8, 4) is 10.6 Å². The fourth-order valence-electron chi connectivity index (χ4n) is 5.14. The van der Waals surface area contributed by atoms with Gasteiger partial charge in [0.15, 0.2) is 9.84 Å². The Morgan fingerprint density at radius 2 is 1.83 bits per heavy atom. The van der Waals surface area contributed by atoms with Crippen LogP contribution in [0.4, 0.5) is 0 Å². The largest absolute Gasteiger partial charge is 1.00 e. The van der Waals surface area contributed by atoms with E-state index in [1.165, 1.54) is 6.07 Å². The van der Waals surface area contributed by atoms with Gasteiger partial charge in [-0.3, -0.25) is 0 Å². The minimum absolute atomic E-state index is 0. The minimum Gasteiger partial charge on any atom is -0.545 e. The minimum atomic E-state index is -3.70. The molecule has 0 atom stereocenters. The van der Waals surface area contributed by atoms with Gasteiger partial charge in [0, 0.05) is 15.6 Å². The van der Waals surface area contributed by atoms with Crippen LogP contribution >= 0.6 is 11.3 Å². The second kappa shape index (κ2) is 10.3. The number of aromatic nitrogens is 1. The molecule has 35 heavy (non-hydrogen) atoms. The van der Waals surface area contributed by atoms with E-state index >= 15 is 0 Å². The van der Waals surface area contributed by atoms with E-state index in [0.29, 0.717) is 30.5 Å². The number of hydrogen-bond donors (Lipinski definition) is 0. The van der Waals surface area contributed by atoms with Gasteiger partial charge in [-0.15, -0.1) is 11.3 Å². The van der Waals surface area contributed by atoms with Gasteiger partial charge in [0.1, 0.15) is 0 Å². The topological polar surface area (TPSA) is 87.2 Å². The number of carbonyl (C=O) groups excluding carboxylic acids is 1. The number of fused-ring (bicyclic) bond motifs is 2. The molecule has 0 spiro atoms. The molecule has 0 bridgehead atoms. The predicted octanol–water partition coefficient (Wildman–Crippen LogP) is 2.46. The molecule has 5 nitrogen and oxygen atoms in total. The Hall–Kier alpha value is -1.77. The number of carboxylic acid groups (broad SMARTS) is 1. The van der Waals surface area contributed by atoms with Crippen LogP contribution in [0.3, 0.4) is 0 Å². The standard InChI is InChI=1S/C27H27NO4S2.Na/c1-3-17-13-14-23(34(31,32)18-9-5-4-6-10-18)24-20(27(29)30)15-21(28-25(17)24)26-16(2)19-11-7-8-12-22(19)33-26;/h7-8,11-15,18H,3-6,9-10H2,1-2H3,(H,29,30);/q;+1/p-1. The number of pyridine rings is 1. The van der Waals surface area contributed by atoms with E-state index in [0.717, 1.165) is 45.4 Å². The van der Waals surface area contributed by atoms with E-state index in [1.807, 2.05) is 38.1 Å². The van der Waals surface area contributed by atoms with Gasteiger partial charge in [0.25, 0.3) is 0 Å². The summed E-state index contributed by atoms with van der Waals surface area (Å²) in [4.78, 5) is 18.2. The summed E-state index contributed by atoms with van der Waals surface area (Å²) >= 11 is 1.56. The third kappa shape index (κ3) is 4.58. The average molecular weight is 516 g/mol. The van der Waals surface area contributed by atoms with Crippen molar-refractivity contribution >= 4 is 48.1 Å². The SMILES string of the molecule is CCc1ccc(S(=O)(=O)C2CCCCC2)c2c(C(=O)[O-])cc(-c3sc4ccccc4c3C)nc12.[Na+]. The molecule has 1 saturated carbocycles. The van der Waals surface area contributed by atoms with Crippen LogP contribution in [0.2, 0.25) is 0 Å². The second-order valence-electron chi connectivity index (χ2n) is 9.00. The van der Waals surface area contributed by atoms with Crippen molar-refractivity contribution < 1.29 is 47.9 Å². The molecule has 0 saturated heterocycles. The Balaban J connectivity index is 0.00000289. The van der Waals surface area contributed by atoms with Crippen LogP contribution in [-0.4, -0.2) is 24.6 Å². The zero-order valence-electron chi connectivity index (χ0n) is 20.3. The van der Waals surface area contributed by atoms with Crippen LogP contribution in [0, 0.1) is 6.92 Å². The average Bonchev–Trinajstić information content (AvgIpc) is 3.19. The number of hydrogen-bond acceptors (Lipinski definition) is 6. The molecule has 5 rings (SSSR count). The number of carboxylic acids is 1. The molecule has 2 aromatic heterocycles. The van der Waals surface area contributed by atoms with Gasteiger partial charge < -0.3 is 9.90 Å². The first-order chi connectivity index (χ1) is 16.3. The Bertz CT molecular complexity index is 1540. The number of aryl methyl sites for hydroxylation is 2. The number of nitrogens with zero attached hydrogens (tertiary/aromatic N) is 1. The molecule has 0 N–H and O–H groups in total. The van der Waals surface area contributed by atoms with Gasteiger partial charge in [0.05, 0.1) is 32.2 Å². The Labute approximate surface area is 231 Å². The number of rotatable bonds is 5. The van der Waals surface area contributed by atoms with Crippen molar-refractivity contribution in [1.29, 1.82) is 0 Å². The molecular weight excluding hydrogens is 489 g/mol. The van der Waals surface area contributed by atoms with Crippen molar-refractivity contribution in [3.05, 3.63) is 59.2 Å². The van der Waals surface area contributed by atoms with Crippen LogP contribution in [0.15, 0.2) is 47.4 Å². The number of thiophene rings is 1. The third-order valence-electron chi connectivity index (χ3n) is 6.98. The molecule has 1 aliphatic carbocycles. The second-order valence-corrected chi connectivity index (χ2v) is 12.2. The first-order valence-electron chi connectivity index (χ1n) is 11.7. The van der Waals surface area contributed by atoms with E-state index in [2.05, 4.69) is 0 Å². The van der Waals surface area contributed by atoms with Crippen LogP contribution in [-0.2, 0) is 16.3 Å². The van der Waals surface area contributed by atoms with Crippen LogP contribution in [0.25, 0.3) is 31.6 Å². The van der Waals surface area contributed by atoms with Crippen LogP contribution in [0.5, 0.6) is 0 Å². The molecule has 2 aromatic carbocycles. The maximum absolute atomic E-state index is 13.7. The molecule has 1 aliphatic rings. The maximum atomic E-state index is 13.7. The summed E-state index contributed by atoms with van der Waals surface area (Å²) in [5, 5.41) is 13.2. The smallest absolute Gasteiger partial charge is 0.545 e. The van der Waals surface area contributed by atoms with Gasteiger partial charge in [-0.1, -0.05) is 50.5 Å². The molecule has 0 unspecified atom stereocenters. The van der Waals surface area contributed by atoms with Gasteiger partial charge in [0.2, 0.25) is 0 Å². The monoisotopic (exact) mass is 515 g/mol. The Morgan fingerprint density at radius 1 is 1.11 bits per heavy atom.